The summed E-state index contributed by atoms with van der Waals surface area (Å²) >= 11 is 0. The molecule has 0 spiro atoms. The fourth-order valence-corrected chi connectivity index (χ4v) is 4.74. The highest BCUT2D eigenvalue weighted by Crippen LogP contribution is 2.53. The number of benzene rings is 3. The van der Waals surface area contributed by atoms with E-state index in [2.05, 4.69) is 49.9 Å². The number of hydrogen-bond acceptors (Lipinski definition) is 4. The van der Waals surface area contributed by atoms with Gasteiger partial charge in [0.1, 0.15) is 0 Å². The summed E-state index contributed by atoms with van der Waals surface area (Å²) in [5.41, 5.74) is 2.26. The predicted octanol–water partition coefficient (Wildman–Crippen LogP) is 5.10. The van der Waals surface area contributed by atoms with Crippen molar-refractivity contribution in [3.8, 4) is 11.5 Å². The smallest absolute Gasteiger partial charge is 0.169 e. The van der Waals surface area contributed by atoms with Crippen LogP contribution >= 0.6 is 0 Å². The molecule has 1 unspecified atom stereocenters. The van der Waals surface area contributed by atoms with Crippen LogP contribution in [-0.2, 0) is 5.72 Å². The molecule has 0 bridgehead atoms. The number of nitrogens with zero attached hydrogens (tertiary/aromatic N) is 1. The van der Waals surface area contributed by atoms with Gasteiger partial charge in [0.05, 0.1) is 14.2 Å². The number of fused-ring (bicyclic) bond motifs is 2. The van der Waals surface area contributed by atoms with Crippen LogP contribution in [-0.4, -0.2) is 25.9 Å². The zero-order valence-corrected chi connectivity index (χ0v) is 16.7. The van der Waals surface area contributed by atoms with Gasteiger partial charge in [0.15, 0.2) is 17.2 Å². The van der Waals surface area contributed by atoms with Crippen LogP contribution in [0.25, 0.3) is 21.5 Å². The van der Waals surface area contributed by atoms with Crippen molar-refractivity contribution in [2.75, 3.05) is 25.7 Å². The second kappa shape index (κ2) is 6.31. The number of methoxy groups -OCH3 is 2. The predicted molar refractivity (Wildman–Crippen MR) is 111 cm³/mol. The first kappa shape index (κ1) is 17.9. The number of aryl methyl sites for hydroxylation is 1. The number of anilines is 1. The molecule has 3 aromatic carbocycles. The molecule has 1 atom stereocenters. The van der Waals surface area contributed by atoms with Crippen molar-refractivity contribution in [2.24, 2.45) is 0 Å². The lowest BCUT2D eigenvalue weighted by molar-refractivity contribution is 0.0294. The lowest BCUT2D eigenvalue weighted by atomic mass is 9.91. The summed E-state index contributed by atoms with van der Waals surface area (Å²) in [5, 5.41) is 16.1. The highest BCUT2D eigenvalue weighted by Gasteiger charge is 2.43. The third-order valence-electron chi connectivity index (χ3n) is 5.76. The second-order valence-electron chi connectivity index (χ2n) is 7.34. The minimum absolute atomic E-state index is 0.699. The molecule has 1 N–H and O–H groups in total. The Morgan fingerprint density at radius 1 is 1.04 bits per heavy atom. The molecule has 1 aliphatic rings. The van der Waals surface area contributed by atoms with Crippen molar-refractivity contribution in [3.05, 3.63) is 41.5 Å². The Labute approximate surface area is 160 Å². The van der Waals surface area contributed by atoms with Crippen LogP contribution in [0.5, 0.6) is 11.5 Å². The monoisotopic (exact) mass is 365 g/mol. The summed E-state index contributed by atoms with van der Waals surface area (Å²) < 4.78 is 11.3. The van der Waals surface area contributed by atoms with Crippen LogP contribution < -0.4 is 14.4 Å². The molecular formula is C23H27NO3. The van der Waals surface area contributed by atoms with Crippen LogP contribution in [0.2, 0.25) is 0 Å². The van der Waals surface area contributed by atoms with Gasteiger partial charge in [0.2, 0.25) is 0 Å². The van der Waals surface area contributed by atoms with Crippen molar-refractivity contribution in [3.63, 3.8) is 0 Å². The molecule has 4 nitrogen and oxygen atoms in total. The van der Waals surface area contributed by atoms with Gasteiger partial charge in [0, 0.05) is 28.6 Å². The van der Waals surface area contributed by atoms with Crippen LogP contribution in [0.15, 0.2) is 30.3 Å². The summed E-state index contributed by atoms with van der Waals surface area (Å²) in [6.45, 7) is 7.05. The van der Waals surface area contributed by atoms with E-state index in [1.165, 1.54) is 0 Å². The van der Waals surface area contributed by atoms with Crippen molar-refractivity contribution < 1.29 is 14.6 Å². The van der Waals surface area contributed by atoms with Gasteiger partial charge in [-0.3, -0.25) is 0 Å². The van der Waals surface area contributed by atoms with E-state index >= 15 is 0 Å². The van der Waals surface area contributed by atoms with Gasteiger partial charge in [-0.05, 0) is 43.2 Å². The Hall–Kier alpha value is -2.46. The van der Waals surface area contributed by atoms with E-state index in [-0.39, 0.29) is 0 Å². The molecular weight excluding hydrogens is 338 g/mol. The maximum Gasteiger partial charge on any atom is 0.169 e. The second-order valence-corrected chi connectivity index (χ2v) is 7.34. The first-order valence-corrected chi connectivity index (χ1v) is 9.62. The normalized spacial score (nSPS) is 18.5. The number of ether oxygens (including phenoxy) is 2. The van der Waals surface area contributed by atoms with Crippen molar-refractivity contribution in [2.45, 2.75) is 39.3 Å². The van der Waals surface area contributed by atoms with Crippen LogP contribution in [0.4, 0.5) is 5.69 Å². The molecule has 3 aromatic rings. The average molecular weight is 365 g/mol. The van der Waals surface area contributed by atoms with E-state index in [1.54, 1.807) is 14.2 Å². The highest BCUT2D eigenvalue weighted by molar-refractivity contribution is 6.19. The molecule has 4 rings (SSSR count). The van der Waals surface area contributed by atoms with Crippen molar-refractivity contribution in [1.29, 1.82) is 0 Å². The molecule has 142 valence electrons. The maximum absolute atomic E-state index is 11.7. The van der Waals surface area contributed by atoms with E-state index in [4.69, 9.17) is 9.47 Å². The lowest BCUT2D eigenvalue weighted by Gasteiger charge is -2.36. The fourth-order valence-electron chi connectivity index (χ4n) is 4.74. The van der Waals surface area contributed by atoms with Gasteiger partial charge < -0.3 is 19.5 Å². The summed E-state index contributed by atoms with van der Waals surface area (Å²) in [4.78, 5) is 2.14. The molecule has 0 saturated carbocycles. The number of hydrogen-bond donors (Lipinski definition) is 1. The number of rotatable bonds is 5. The molecule has 0 aliphatic carbocycles. The zero-order valence-electron chi connectivity index (χ0n) is 16.7. The molecule has 4 heteroatoms. The highest BCUT2D eigenvalue weighted by atomic mass is 16.5. The Balaban J connectivity index is 2.21. The van der Waals surface area contributed by atoms with E-state index in [0.717, 1.165) is 62.8 Å². The first-order chi connectivity index (χ1) is 13.0. The SMILES string of the molecule is CCCC1(O)c2cc(C)cc3c2c(cc2ccc(OC)c(OC)c23)N1CC. The van der Waals surface area contributed by atoms with E-state index < -0.39 is 5.72 Å². The molecule has 1 aliphatic heterocycles. The third-order valence-corrected chi connectivity index (χ3v) is 5.76. The minimum atomic E-state index is -0.967. The van der Waals surface area contributed by atoms with Crippen molar-refractivity contribution in [1.82, 2.24) is 0 Å². The zero-order chi connectivity index (χ0) is 19.3. The molecule has 0 radical (unpaired) electrons. The topological polar surface area (TPSA) is 41.9 Å². The van der Waals surface area contributed by atoms with E-state index in [0.29, 0.717) is 6.42 Å². The van der Waals surface area contributed by atoms with Crippen LogP contribution in [0.3, 0.4) is 0 Å². The average Bonchev–Trinajstić information content (AvgIpc) is 2.89. The van der Waals surface area contributed by atoms with Crippen LogP contribution in [0, 0.1) is 6.92 Å². The molecule has 0 fully saturated rings. The Bertz CT molecular complexity index is 1040. The fraction of sp³-hybridized carbons (Fsp3) is 0.391. The summed E-state index contributed by atoms with van der Waals surface area (Å²) in [5.74, 6) is 1.46. The molecule has 27 heavy (non-hydrogen) atoms. The Kier molecular flexibility index (Phi) is 4.19. The maximum atomic E-state index is 11.7. The molecule has 0 amide bonds. The summed E-state index contributed by atoms with van der Waals surface area (Å²) in [6, 6.07) is 10.5. The Morgan fingerprint density at radius 3 is 2.44 bits per heavy atom. The lowest BCUT2D eigenvalue weighted by Crippen LogP contribution is -2.43. The van der Waals surface area contributed by atoms with Gasteiger partial charge in [0.25, 0.3) is 0 Å². The standard InChI is InChI=1S/C23H27NO3/c1-6-10-23(25)17-12-14(3)11-16-20-15(8-9-19(26-4)22(20)27-5)13-18(21(16)17)24(23)7-2/h8-9,11-13,25H,6-7,10H2,1-5H3. The van der Waals surface area contributed by atoms with Gasteiger partial charge in [-0.25, -0.2) is 0 Å². The largest absolute Gasteiger partial charge is 0.493 e. The molecule has 0 saturated heterocycles. The first-order valence-electron chi connectivity index (χ1n) is 9.62. The van der Waals surface area contributed by atoms with Gasteiger partial charge in [-0.1, -0.05) is 37.1 Å². The van der Waals surface area contributed by atoms with Crippen LogP contribution in [0.1, 0.15) is 37.8 Å². The molecule has 0 aromatic heterocycles. The van der Waals surface area contributed by atoms with E-state index in [1.807, 2.05) is 6.07 Å². The van der Waals surface area contributed by atoms with Gasteiger partial charge in [-0.2, -0.15) is 0 Å². The summed E-state index contributed by atoms with van der Waals surface area (Å²) in [7, 11) is 3.34. The quantitative estimate of drug-likeness (QED) is 0.639. The third kappa shape index (κ3) is 2.32. The molecule has 1 heterocycles. The van der Waals surface area contributed by atoms with E-state index in [9.17, 15) is 5.11 Å². The van der Waals surface area contributed by atoms with Gasteiger partial charge >= 0.3 is 0 Å². The Morgan fingerprint density at radius 2 is 1.81 bits per heavy atom. The van der Waals surface area contributed by atoms with Crippen molar-refractivity contribution >= 4 is 27.2 Å². The van der Waals surface area contributed by atoms with Gasteiger partial charge in [-0.15, -0.1) is 0 Å². The minimum Gasteiger partial charge on any atom is -0.493 e. The summed E-state index contributed by atoms with van der Waals surface area (Å²) in [6.07, 6.45) is 1.61. The number of aliphatic hydroxyl groups is 1.